The van der Waals surface area contributed by atoms with Crippen molar-refractivity contribution in [3.63, 3.8) is 0 Å². The van der Waals surface area contributed by atoms with Crippen molar-refractivity contribution in [1.82, 2.24) is 14.6 Å². The van der Waals surface area contributed by atoms with E-state index in [4.69, 9.17) is 10.7 Å². The second-order valence-corrected chi connectivity index (χ2v) is 6.07. The third-order valence-electron chi connectivity index (χ3n) is 4.67. The summed E-state index contributed by atoms with van der Waals surface area (Å²) in [5.41, 5.74) is 9.57. The lowest BCUT2D eigenvalue weighted by Crippen LogP contribution is -2.39. The van der Waals surface area contributed by atoms with Crippen LogP contribution >= 0.6 is 0 Å². The molecule has 22 heavy (non-hydrogen) atoms. The highest BCUT2D eigenvalue weighted by molar-refractivity contribution is 5.77. The van der Waals surface area contributed by atoms with E-state index in [0.717, 1.165) is 60.8 Å². The van der Waals surface area contributed by atoms with Crippen LogP contribution < -0.4 is 10.6 Å². The molecular weight excluding hydrogens is 278 g/mol. The Kier molecular flexibility index (Phi) is 3.76. The van der Waals surface area contributed by atoms with Gasteiger partial charge in [-0.1, -0.05) is 6.92 Å². The first-order chi connectivity index (χ1) is 10.5. The lowest BCUT2D eigenvalue weighted by atomic mass is 9.96. The molecule has 2 N–H and O–H groups in total. The van der Waals surface area contributed by atoms with E-state index >= 15 is 0 Å². The van der Waals surface area contributed by atoms with Crippen LogP contribution in [0.5, 0.6) is 0 Å². The third kappa shape index (κ3) is 2.42. The Hall–Kier alpha value is -2.11. The number of carbonyl (C=O) groups is 1. The molecule has 1 aliphatic rings. The molecule has 0 bridgehead atoms. The molecule has 1 amide bonds. The van der Waals surface area contributed by atoms with Gasteiger partial charge in [-0.3, -0.25) is 4.79 Å². The number of hydrogen-bond acceptors (Lipinski definition) is 4. The topological polar surface area (TPSA) is 76.5 Å². The highest BCUT2D eigenvalue weighted by Gasteiger charge is 2.25. The molecule has 2 aromatic rings. The van der Waals surface area contributed by atoms with Crippen LogP contribution in [0.1, 0.15) is 36.7 Å². The molecule has 1 aliphatic heterocycles. The van der Waals surface area contributed by atoms with E-state index < -0.39 is 0 Å². The number of fused-ring (bicyclic) bond motifs is 1. The number of aryl methyl sites for hydroxylation is 3. The number of rotatable bonds is 3. The largest absolute Gasteiger partial charge is 0.369 e. The molecule has 2 aromatic heterocycles. The number of carbonyl (C=O) groups excluding carboxylic acids is 1. The van der Waals surface area contributed by atoms with Gasteiger partial charge in [0, 0.05) is 36.3 Å². The summed E-state index contributed by atoms with van der Waals surface area (Å²) in [6.07, 6.45) is 2.50. The van der Waals surface area contributed by atoms with Crippen molar-refractivity contribution in [3.8, 4) is 0 Å². The van der Waals surface area contributed by atoms with E-state index in [1.54, 1.807) is 0 Å². The van der Waals surface area contributed by atoms with Gasteiger partial charge in [0.05, 0.1) is 5.69 Å². The average Bonchev–Trinajstić information content (AvgIpc) is 2.81. The number of aromatic nitrogens is 3. The Labute approximate surface area is 130 Å². The smallest absolute Gasteiger partial charge is 0.220 e. The number of primary amides is 1. The quantitative estimate of drug-likeness (QED) is 0.934. The molecule has 6 heteroatoms. The van der Waals surface area contributed by atoms with Crippen molar-refractivity contribution in [1.29, 1.82) is 0 Å². The van der Waals surface area contributed by atoms with Crippen LogP contribution in [0.2, 0.25) is 0 Å². The van der Waals surface area contributed by atoms with Crippen molar-refractivity contribution < 1.29 is 4.79 Å². The van der Waals surface area contributed by atoms with Crippen LogP contribution in [-0.4, -0.2) is 33.6 Å². The standard InChI is InChI=1S/C16H23N5O/c1-4-13-9-14(20-7-5-12(6-8-20)15(17)22)21-16(18-13)10(2)11(3)19-21/h9,12H,4-8H2,1-3H3,(H2,17,22). The fourth-order valence-electron chi connectivity index (χ4n) is 3.06. The van der Waals surface area contributed by atoms with Gasteiger partial charge in [0.15, 0.2) is 5.65 Å². The molecular formula is C16H23N5O. The van der Waals surface area contributed by atoms with Gasteiger partial charge in [0.2, 0.25) is 5.91 Å². The summed E-state index contributed by atoms with van der Waals surface area (Å²) in [7, 11) is 0. The zero-order valence-corrected chi connectivity index (χ0v) is 13.5. The van der Waals surface area contributed by atoms with Gasteiger partial charge in [-0.05, 0) is 33.1 Å². The fourth-order valence-corrected chi connectivity index (χ4v) is 3.06. The molecule has 118 valence electrons. The molecule has 6 nitrogen and oxygen atoms in total. The van der Waals surface area contributed by atoms with Crippen LogP contribution in [0.25, 0.3) is 5.65 Å². The van der Waals surface area contributed by atoms with E-state index in [-0.39, 0.29) is 11.8 Å². The van der Waals surface area contributed by atoms with E-state index in [2.05, 4.69) is 29.9 Å². The Bertz CT molecular complexity index is 713. The van der Waals surface area contributed by atoms with Gasteiger partial charge in [0.1, 0.15) is 5.82 Å². The number of nitrogens with two attached hydrogens (primary N) is 1. The Morgan fingerprint density at radius 3 is 2.64 bits per heavy atom. The first-order valence-electron chi connectivity index (χ1n) is 7.91. The molecule has 0 aliphatic carbocycles. The zero-order chi connectivity index (χ0) is 15.9. The van der Waals surface area contributed by atoms with E-state index in [1.165, 1.54) is 0 Å². The lowest BCUT2D eigenvalue weighted by molar-refractivity contribution is -0.122. The zero-order valence-electron chi connectivity index (χ0n) is 13.5. The van der Waals surface area contributed by atoms with E-state index in [9.17, 15) is 4.79 Å². The lowest BCUT2D eigenvalue weighted by Gasteiger charge is -2.32. The maximum absolute atomic E-state index is 11.3. The third-order valence-corrected chi connectivity index (χ3v) is 4.67. The molecule has 1 saturated heterocycles. The summed E-state index contributed by atoms with van der Waals surface area (Å²) in [6, 6.07) is 2.11. The second kappa shape index (κ2) is 5.59. The van der Waals surface area contributed by atoms with Crippen LogP contribution in [0.3, 0.4) is 0 Å². The summed E-state index contributed by atoms with van der Waals surface area (Å²) in [5.74, 6) is 0.890. The van der Waals surface area contributed by atoms with Crippen LogP contribution in [0.15, 0.2) is 6.07 Å². The number of amides is 1. The first kappa shape index (κ1) is 14.8. The maximum Gasteiger partial charge on any atom is 0.220 e. The highest BCUT2D eigenvalue weighted by atomic mass is 16.1. The Morgan fingerprint density at radius 2 is 2.05 bits per heavy atom. The summed E-state index contributed by atoms with van der Waals surface area (Å²) in [5, 5.41) is 4.64. The number of piperidine rings is 1. The van der Waals surface area contributed by atoms with Gasteiger partial charge < -0.3 is 10.6 Å². The average molecular weight is 301 g/mol. The SMILES string of the molecule is CCc1cc(N2CCC(C(N)=O)CC2)n2nc(C)c(C)c2n1. The Morgan fingerprint density at radius 1 is 1.36 bits per heavy atom. The van der Waals surface area contributed by atoms with Crippen LogP contribution in [0.4, 0.5) is 5.82 Å². The minimum Gasteiger partial charge on any atom is -0.369 e. The van der Waals surface area contributed by atoms with Gasteiger partial charge in [-0.2, -0.15) is 9.61 Å². The molecule has 3 heterocycles. The molecule has 0 radical (unpaired) electrons. The summed E-state index contributed by atoms with van der Waals surface area (Å²) < 4.78 is 1.94. The van der Waals surface area contributed by atoms with Gasteiger partial charge in [0.25, 0.3) is 0 Å². The molecule has 3 rings (SSSR count). The summed E-state index contributed by atoms with van der Waals surface area (Å²) >= 11 is 0. The van der Waals surface area contributed by atoms with Crippen LogP contribution in [0, 0.1) is 19.8 Å². The van der Waals surface area contributed by atoms with Crippen molar-refractivity contribution >= 4 is 17.4 Å². The van der Waals surface area contributed by atoms with E-state index in [0.29, 0.717) is 0 Å². The normalized spacial score (nSPS) is 16.4. The van der Waals surface area contributed by atoms with Gasteiger partial charge >= 0.3 is 0 Å². The summed E-state index contributed by atoms with van der Waals surface area (Å²) in [6.45, 7) is 7.84. The van der Waals surface area contributed by atoms with Crippen LogP contribution in [-0.2, 0) is 11.2 Å². The predicted octanol–water partition coefficient (Wildman–Crippen LogP) is 1.61. The molecule has 0 spiro atoms. The molecule has 1 fully saturated rings. The molecule has 0 unspecified atom stereocenters. The molecule has 0 saturated carbocycles. The maximum atomic E-state index is 11.3. The van der Waals surface area contributed by atoms with Crippen molar-refractivity contribution in [3.05, 3.63) is 23.0 Å². The monoisotopic (exact) mass is 301 g/mol. The highest BCUT2D eigenvalue weighted by Crippen LogP contribution is 2.26. The fraction of sp³-hybridized carbons (Fsp3) is 0.562. The molecule has 0 aromatic carbocycles. The first-order valence-corrected chi connectivity index (χ1v) is 7.91. The number of hydrogen-bond donors (Lipinski definition) is 1. The second-order valence-electron chi connectivity index (χ2n) is 6.07. The Balaban J connectivity index is 2.00. The van der Waals surface area contributed by atoms with Gasteiger partial charge in [-0.25, -0.2) is 4.98 Å². The number of anilines is 1. The van der Waals surface area contributed by atoms with E-state index in [1.807, 2.05) is 11.4 Å². The van der Waals surface area contributed by atoms with Crippen molar-refractivity contribution in [2.24, 2.45) is 11.7 Å². The molecule has 0 atom stereocenters. The van der Waals surface area contributed by atoms with Gasteiger partial charge in [-0.15, -0.1) is 0 Å². The number of nitrogens with zero attached hydrogens (tertiary/aromatic N) is 4. The minimum atomic E-state index is -0.181. The minimum absolute atomic E-state index is 0.000294. The van der Waals surface area contributed by atoms with Crippen molar-refractivity contribution in [2.75, 3.05) is 18.0 Å². The van der Waals surface area contributed by atoms with Crippen molar-refractivity contribution in [2.45, 2.75) is 40.0 Å². The predicted molar refractivity (Wildman–Crippen MR) is 86.0 cm³/mol. The summed E-state index contributed by atoms with van der Waals surface area (Å²) in [4.78, 5) is 18.3.